The zero-order chi connectivity index (χ0) is 10.7. The average Bonchev–Trinajstić information content (AvgIpc) is 2.38. The highest BCUT2D eigenvalue weighted by atomic mass is 16.5. The largest absolute Gasteiger partial charge is 0.389 e. The molecule has 1 N–H and O–H groups in total. The van der Waals surface area contributed by atoms with Crippen molar-refractivity contribution in [3.8, 4) is 0 Å². The predicted molar refractivity (Wildman–Crippen MR) is 54.2 cm³/mol. The Labute approximate surface area is 84.5 Å². The number of methoxy groups -OCH3 is 1. The van der Waals surface area contributed by atoms with Gasteiger partial charge in [-0.2, -0.15) is 5.10 Å². The molecule has 0 aromatic carbocycles. The number of aliphatic hydroxyl groups is 1. The van der Waals surface area contributed by atoms with Gasteiger partial charge in [-0.3, -0.25) is 4.68 Å². The normalized spacial score (nSPS) is 13.2. The van der Waals surface area contributed by atoms with Gasteiger partial charge in [-0.1, -0.05) is 0 Å². The Hall–Kier alpha value is -0.870. The van der Waals surface area contributed by atoms with E-state index < -0.39 is 6.10 Å². The lowest BCUT2D eigenvalue weighted by Crippen LogP contribution is -2.08. The first kappa shape index (κ1) is 11.2. The van der Waals surface area contributed by atoms with E-state index in [0.717, 1.165) is 23.5 Å². The fraction of sp³-hybridized carbons (Fsp3) is 0.700. The van der Waals surface area contributed by atoms with Gasteiger partial charge >= 0.3 is 0 Å². The fourth-order valence-corrected chi connectivity index (χ4v) is 1.71. The molecular formula is C10H18N2O2. The second-order valence-corrected chi connectivity index (χ2v) is 3.48. The Morgan fingerprint density at radius 1 is 1.50 bits per heavy atom. The van der Waals surface area contributed by atoms with E-state index in [4.69, 9.17) is 4.74 Å². The van der Waals surface area contributed by atoms with Crippen LogP contribution < -0.4 is 0 Å². The van der Waals surface area contributed by atoms with Crippen LogP contribution in [0.4, 0.5) is 0 Å². The van der Waals surface area contributed by atoms with Gasteiger partial charge in [0.25, 0.3) is 0 Å². The standard InChI is InChI=1S/C10H18N2O2/c1-7-10(9(3)13)8(2)12(11-7)5-6-14-4/h9,13H,5-6H2,1-4H3. The number of ether oxygens (including phenoxy) is 1. The van der Waals surface area contributed by atoms with Crippen molar-refractivity contribution in [3.05, 3.63) is 17.0 Å². The number of rotatable bonds is 4. The zero-order valence-corrected chi connectivity index (χ0v) is 9.24. The van der Waals surface area contributed by atoms with Gasteiger partial charge in [0.15, 0.2) is 0 Å². The van der Waals surface area contributed by atoms with Crippen LogP contribution >= 0.6 is 0 Å². The minimum atomic E-state index is -0.453. The minimum Gasteiger partial charge on any atom is -0.389 e. The highest BCUT2D eigenvalue weighted by molar-refractivity contribution is 5.26. The summed E-state index contributed by atoms with van der Waals surface area (Å²) in [5, 5.41) is 13.9. The molecule has 0 amide bonds. The number of nitrogens with zero attached hydrogens (tertiary/aromatic N) is 2. The van der Waals surface area contributed by atoms with Crippen molar-refractivity contribution in [3.63, 3.8) is 0 Å². The lowest BCUT2D eigenvalue weighted by atomic mass is 10.1. The van der Waals surface area contributed by atoms with Crippen molar-refractivity contribution in [2.45, 2.75) is 33.4 Å². The van der Waals surface area contributed by atoms with E-state index >= 15 is 0 Å². The molecule has 0 fully saturated rings. The molecule has 0 spiro atoms. The first-order valence-electron chi connectivity index (χ1n) is 4.78. The zero-order valence-electron chi connectivity index (χ0n) is 9.24. The van der Waals surface area contributed by atoms with Crippen molar-refractivity contribution in [2.24, 2.45) is 0 Å². The number of hydrogen-bond donors (Lipinski definition) is 1. The van der Waals surface area contributed by atoms with E-state index in [1.165, 1.54) is 0 Å². The van der Waals surface area contributed by atoms with Crippen molar-refractivity contribution in [1.82, 2.24) is 9.78 Å². The van der Waals surface area contributed by atoms with Crippen LogP contribution in [0.1, 0.15) is 30.0 Å². The SMILES string of the molecule is COCCn1nc(C)c(C(C)O)c1C. The summed E-state index contributed by atoms with van der Waals surface area (Å²) < 4.78 is 6.86. The molecule has 0 saturated carbocycles. The van der Waals surface area contributed by atoms with Gasteiger partial charge < -0.3 is 9.84 Å². The summed E-state index contributed by atoms with van der Waals surface area (Å²) in [6.45, 7) is 7.02. The molecule has 80 valence electrons. The highest BCUT2D eigenvalue weighted by Gasteiger charge is 2.14. The van der Waals surface area contributed by atoms with Crippen LogP contribution in [0.25, 0.3) is 0 Å². The van der Waals surface area contributed by atoms with E-state index in [1.807, 2.05) is 18.5 Å². The average molecular weight is 198 g/mol. The van der Waals surface area contributed by atoms with Gasteiger partial charge in [-0.15, -0.1) is 0 Å². The lowest BCUT2D eigenvalue weighted by Gasteiger charge is -2.06. The van der Waals surface area contributed by atoms with E-state index in [0.29, 0.717) is 6.61 Å². The summed E-state index contributed by atoms with van der Waals surface area (Å²) in [5.41, 5.74) is 2.85. The number of hydrogen-bond acceptors (Lipinski definition) is 3. The molecule has 0 aliphatic rings. The van der Waals surface area contributed by atoms with Crippen LogP contribution in [-0.4, -0.2) is 28.6 Å². The molecule has 4 nitrogen and oxygen atoms in total. The molecule has 14 heavy (non-hydrogen) atoms. The van der Waals surface area contributed by atoms with E-state index in [2.05, 4.69) is 5.10 Å². The second kappa shape index (κ2) is 4.57. The van der Waals surface area contributed by atoms with Crippen LogP contribution in [0.5, 0.6) is 0 Å². The summed E-state index contributed by atoms with van der Waals surface area (Å²) in [7, 11) is 1.67. The summed E-state index contributed by atoms with van der Waals surface area (Å²) >= 11 is 0. The monoisotopic (exact) mass is 198 g/mol. The Balaban J connectivity index is 2.92. The van der Waals surface area contributed by atoms with Crippen molar-refractivity contribution < 1.29 is 9.84 Å². The van der Waals surface area contributed by atoms with Crippen LogP contribution in [0.2, 0.25) is 0 Å². The van der Waals surface area contributed by atoms with Crippen LogP contribution in [0.15, 0.2) is 0 Å². The molecule has 0 aliphatic heterocycles. The number of aromatic nitrogens is 2. The van der Waals surface area contributed by atoms with E-state index in [-0.39, 0.29) is 0 Å². The van der Waals surface area contributed by atoms with Crippen LogP contribution in [0.3, 0.4) is 0 Å². The lowest BCUT2D eigenvalue weighted by molar-refractivity contribution is 0.181. The molecule has 1 aromatic heterocycles. The summed E-state index contributed by atoms with van der Waals surface area (Å²) in [5.74, 6) is 0. The van der Waals surface area contributed by atoms with Crippen molar-refractivity contribution >= 4 is 0 Å². The van der Waals surface area contributed by atoms with E-state index in [1.54, 1.807) is 14.0 Å². The summed E-state index contributed by atoms with van der Waals surface area (Å²) in [6.07, 6.45) is -0.453. The maximum atomic E-state index is 9.54. The Bertz CT molecular complexity index is 305. The van der Waals surface area contributed by atoms with Crippen molar-refractivity contribution in [2.75, 3.05) is 13.7 Å². The first-order chi connectivity index (χ1) is 6.57. The third-order valence-electron chi connectivity index (χ3n) is 2.36. The highest BCUT2D eigenvalue weighted by Crippen LogP contribution is 2.20. The molecule has 1 aromatic rings. The molecule has 1 atom stereocenters. The minimum absolute atomic E-state index is 0.453. The fourth-order valence-electron chi connectivity index (χ4n) is 1.71. The van der Waals surface area contributed by atoms with Crippen LogP contribution in [-0.2, 0) is 11.3 Å². The molecule has 1 heterocycles. The smallest absolute Gasteiger partial charge is 0.0797 e. The van der Waals surface area contributed by atoms with Gasteiger partial charge in [0.2, 0.25) is 0 Å². The summed E-state index contributed by atoms with van der Waals surface area (Å²) in [4.78, 5) is 0. The van der Waals surface area contributed by atoms with Gasteiger partial charge in [0, 0.05) is 18.4 Å². The molecule has 0 aliphatic carbocycles. The second-order valence-electron chi connectivity index (χ2n) is 3.48. The maximum absolute atomic E-state index is 9.54. The molecule has 4 heteroatoms. The Kier molecular flexibility index (Phi) is 3.66. The third-order valence-corrected chi connectivity index (χ3v) is 2.36. The van der Waals surface area contributed by atoms with Crippen LogP contribution in [0, 0.1) is 13.8 Å². The van der Waals surface area contributed by atoms with Gasteiger partial charge in [0.1, 0.15) is 0 Å². The number of aryl methyl sites for hydroxylation is 1. The molecule has 0 saturated heterocycles. The molecule has 1 unspecified atom stereocenters. The maximum Gasteiger partial charge on any atom is 0.0797 e. The molecule has 0 bridgehead atoms. The third kappa shape index (κ3) is 2.13. The molecule has 0 radical (unpaired) electrons. The Morgan fingerprint density at radius 2 is 2.14 bits per heavy atom. The molecule has 1 rings (SSSR count). The molecular weight excluding hydrogens is 180 g/mol. The topological polar surface area (TPSA) is 47.3 Å². The Morgan fingerprint density at radius 3 is 2.57 bits per heavy atom. The van der Waals surface area contributed by atoms with Gasteiger partial charge in [-0.05, 0) is 20.8 Å². The predicted octanol–water partition coefficient (Wildman–Crippen LogP) is 1.20. The number of aliphatic hydroxyl groups excluding tert-OH is 1. The quantitative estimate of drug-likeness (QED) is 0.790. The van der Waals surface area contributed by atoms with Gasteiger partial charge in [0.05, 0.1) is 24.9 Å². The van der Waals surface area contributed by atoms with Crippen molar-refractivity contribution in [1.29, 1.82) is 0 Å². The van der Waals surface area contributed by atoms with Gasteiger partial charge in [-0.25, -0.2) is 0 Å². The summed E-state index contributed by atoms with van der Waals surface area (Å²) in [6, 6.07) is 0. The first-order valence-corrected chi connectivity index (χ1v) is 4.78. The van der Waals surface area contributed by atoms with E-state index in [9.17, 15) is 5.11 Å².